The van der Waals surface area contributed by atoms with Gasteiger partial charge in [0.05, 0.1) is 12.0 Å². The third-order valence-electron chi connectivity index (χ3n) is 2.76. The third-order valence-corrected chi connectivity index (χ3v) is 2.76. The van der Waals surface area contributed by atoms with Crippen molar-refractivity contribution in [3.63, 3.8) is 0 Å². The molecule has 0 aliphatic rings. The van der Waals surface area contributed by atoms with Crippen LogP contribution < -0.4 is 5.32 Å². The minimum Gasteiger partial charge on any atom is -0.463 e. The molecule has 0 aliphatic carbocycles. The summed E-state index contributed by atoms with van der Waals surface area (Å²) in [7, 11) is 0. The van der Waals surface area contributed by atoms with Crippen molar-refractivity contribution in [3.05, 3.63) is 34.7 Å². The standard InChI is InChI=1S/C10H12N4O.C7H14O3/c1-7(2)10(15)12-8-3-5-9(6-4-8)13-14-11;1-7(2,3)6(9)10-5-4-8/h3-7H,1-2H3,(H,12,15);8H,4-5H2,1-3H3. The lowest BCUT2D eigenvalue weighted by Gasteiger charge is -2.15. The average Bonchev–Trinajstić information content (AvgIpc) is 2.54. The van der Waals surface area contributed by atoms with Gasteiger partial charge < -0.3 is 15.2 Å². The highest BCUT2D eigenvalue weighted by Crippen LogP contribution is 2.17. The Hall–Kier alpha value is -2.57. The van der Waals surface area contributed by atoms with Gasteiger partial charge >= 0.3 is 5.97 Å². The number of aliphatic hydroxyl groups excluding tert-OH is 1. The zero-order valence-corrected chi connectivity index (χ0v) is 15.3. The lowest BCUT2D eigenvalue weighted by atomic mass is 9.97. The summed E-state index contributed by atoms with van der Waals surface area (Å²) in [5.74, 6) is -0.366. The molecule has 1 rings (SSSR count). The van der Waals surface area contributed by atoms with Crippen molar-refractivity contribution in [1.29, 1.82) is 0 Å². The first-order valence-corrected chi connectivity index (χ1v) is 7.86. The maximum atomic E-state index is 11.3. The highest BCUT2D eigenvalue weighted by atomic mass is 16.5. The molecule has 0 spiro atoms. The van der Waals surface area contributed by atoms with Crippen molar-refractivity contribution in [1.82, 2.24) is 0 Å². The van der Waals surface area contributed by atoms with Crippen LogP contribution in [0.1, 0.15) is 34.6 Å². The number of hydrogen-bond donors (Lipinski definition) is 2. The van der Waals surface area contributed by atoms with E-state index in [0.29, 0.717) is 11.4 Å². The molecule has 0 radical (unpaired) electrons. The number of nitrogens with zero attached hydrogens (tertiary/aromatic N) is 3. The first-order chi connectivity index (χ1) is 11.6. The van der Waals surface area contributed by atoms with E-state index in [4.69, 9.17) is 10.6 Å². The molecule has 8 nitrogen and oxygen atoms in total. The fraction of sp³-hybridized carbons (Fsp3) is 0.529. The van der Waals surface area contributed by atoms with Crippen LogP contribution in [-0.4, -0.2) is 30.2 Å². The number of nitrogens with one attached hydrogen (secondary N) is 1. The zero-order valence-electron chi connectivity index (χ0n) is 15.3. The number of carbonyl (C=O) groups excluding carboxylic acids is 2. The molecule has 1 aromatic carbocycles. The van der Waals surface area contributed by atoms with Crippen LogP contribution >= 0.6 is 0 Å². The monoisotopic (exact) mass is 350 g/mol. The van der Waals surface area contributed by atoms with Crippen LogP contribution in [0.15, 0.2) is 29.4 Å². The van der Waals surface area contributed by atoms with Crippen LogP contribution in [0.5, 0.6) is 0 Å². The van der Waals surface area contributed by atoms with Gasteiger partial charge in [-0.05, 0) is 38.4 Å². The molecule has 0 unspecified atom stereocenters. The first-order valence-electron chi connectivity index (χ1n) is 7.86. The van der Waals surface area contributed by atoms with Gasteiger partial charge in [0.1, 0.15) is 6.61 Å². The number of azide groups is 1. The number of esters is 1. The second-order valence-corrected chi connectivity index (χ2v) is 6.49. The summed E-state index contributed by atoms with van der Waals surface area (Å²) >= 11 is 0. The topological polar surface area (TPSA) is 124 Å². The lowest BCUT2D eigenvalue weighted by molar-refractivity contribution is -0.153. The molecule has 0 bridgehead atoms. The molecular formula is C17H26N4O4. The Balaban J connectivity index is 0.000000504. The highest BCUT2D eigenvalue weighted by Gasteiger charge is 2.22. The number of rotatable bonds is 5. The second-order valence-electron chi connectivity index (χ2n) is 6.49. The molecule has 0 aromatic heterocycles. The van der Waals surface area contributed by atoms with E-state index in [0.717, 1.165) is 0 Å². The molecule has 0 saturated heterocycles. The van der Waals surface area contributed by atoms with Crippen molar-refractivity contribution in [2.45, 2.75) is 34.6 Å². The zero-order chi connectivity index (χ0) is 19.5. The molecule has 2 N–H and O–H groups in total. The Labute approximate surface area is 147 Å². The Kier molecular flexibility index (Phi) is 9.93. The number of carbonyl (C=O) groups is 2. The quantitative estimate of drug-likeness (QED) is 0.363. The molecule has 25 heavy (non-hydrogen) atoms. The molecule has 8 heteroatoms. The van der Waals surface area contributed by atoms with Gasteiger partial charge in [-0.3, -0.25) is 9.59 Å². The summed E-state index contributed by atoms with van der Waals surface area (Å²) in [6.07, 6.45) is 0. The second kappa shape index (κ2) is 11.1. The van der Waals surface area contributed by atoms with Gasteiger partial charge in [0.25, 0.3) is 0 Å². The van der Waals surface area contributed by atoms with E-state index >= 15 is 0 Å². The van der Waals surface area contributed by atoms with E-state index in [2.05, 4.69) is 20.1 Å². The fourth-order valence-corrected chi connectivity index (χ4v) is 1.30. The molecule has 0 atom stereocenters. The Morgan fingerprint density at radius 3 is 2.24 bits per heavy atom. The van der Waals surface area contributed by atoms with Crippen LogP contribution in [-0.2, 0) is 14.3 Å². The smallest absolute Gasteiger partial charge is 0.311 e. The SMILES string of the molecule is CC(C)(C)C(=O)OCCO.CC(C)C(=O)Nc1ccc(N=[N+]=[N-])cc1. The van der Waals surface area contributed by atoms with E-state index in [-0.39, 0.29) is 31.0 Å². The van der Waals surface area contributed by atoms with E-state index in [1.54, 1.807) is 45.0 Å². The predicted molar refractivity (Wildman–Crippen MR) is 96.2 cm³/mol. The summed E-state index contributed by atoms with van der Waals surface area (Å²) < 4.78 is 4.67. The Morgan fingerprint density at radius 2 is 1.84 bits per heavy atom. The van der Waals surface area contributed by atoms with E-state index < -0.39 is 5.41 Å². The minimum absolute atomic E-state index is 0.0356. The van der Waals surface area contributed by atoms with Gasteiger partial charge in [0.2, 0.25) is 5.91 Å². The molecule has 1 aromatic rings. The van der Waals surface area contributed by atoms with Crippen molar-refractivity contribution in [2.75, 3.05) is 18.5 Å². The summed E-state index contributed by atoms with van der Waals surface area (Å²) in [4.78, 5) is 24.9. The van der Waals surface area contributed by atoms with Crippen LogP contribution in [0.25, 0.3) is 10.4 Å². The number of benzene rings is 1. The molecule has 0 saturated carbocycles. The van der Waals surface area contributed by atoms with Crippen molar-refractivity contribution in [3.8, 4) is 0 Å². The molecule has 0 aliphatic heterocycles. The predicted octanol–water partition coefficient (Wildman–Crippen LogP) is 3.79. The van der Waals surface area contributed by atoms with E-state index in [9.17, 15) is 9.59 Å². The first kappa shape index (κ1) is 22.4. The number of amides is 1. The van der Waals surface area contributed by atoms with Crippen LogP contribution in [0.3, 0.4) is 0 Å². The van der Waals surface area contributed by atoms with Crippen LogP contribution in [0, 0.1) is 11.3 Å². The number of aliphatic hydroxyl groups is 1. The van der Waals surface area contributed by atoms with E-state index in [1.165, 1.54) is 0 Å². The van der Waals surface area contributed by atoms with Gasteiger partial charge in [0, 0.05) is 22.2 Å². The number of hydrogen-bond acceptors (Lipinski definition) is 5. The fourth-order valence-electron chi connectivity index (χ4n) is 1.30. The maximum absolute atomic E-state index is 11.3. The Bertz CT molecular complexity index is 600. The molecular weight excluding hydrogens is 324 g/mol. The molecule has 1 amide bonds. The van der Waals surface area contributed by atoms with Gasteiger partial charge in [-0.15, -0.1) is 0 Å². The maximum Gasteiger partial charge on any atom is 0.311 e. The summed E-state index contributed by atoms with van der Waals surface area (Å²) in [5.41, 5.74) is 8.96. The van der Waals surface area contributed by atoms with Gasteiger partial charge in [-0.2, -0.15) is 0 Å². The molecule has 138 valence electrons. The minimum atomic E-state index is -0.463. The van der Waals surface area contributed by atoms with Crippen molar-refractivity contribution >= 4 is 23.3 Å². The van der Waals surface area contributed by atoms with Gasteiger partial charge in [0.15, 0.2) is 0 Å². The highest BCUT2D eigenvalue weighted by molar-refractivity contribution is 5.92. The van der Waals surface area contributed by atoms with Crippen molar-refractivity contribution < 1.29 is 19.4 Å². The third kappa shape index (κ3) is 10.0. The normalized spacial score (nSPS) is 10.2. The number of ether oxygens (including phenoxy) is 1. The molecule has 0 heterocycles. The summed E-state index contributed by atoms with van der Waals surface area (Å²) in [6, 6.07) is 6.69. The summed E-state index contributed by atoms with van der Waals surface area (Å²) in [6.45, 7) is 8.94. The van der Waals surface area contributed by atoms with Crippen LogP contribution in [0.2, 0.25) is 0 Å². The average molecular weight is 350 g/mol. The Morgan fingerprint density at radius 1 is 1.28 bits per heavy atom. The van der Waals surface area contributed by atoms with E-state index in [1.807, 2.05) is 13.8 Å². The van der Waals surface area contributed by atoms with Crippen LogP contribution in [0.4, 0.5) is 11.4 Å². The largest absolute Gasteiger partial charge is 0.463 e. The molecule has 0 fully saturated rings. The van der Waals surface area contributed by atoms with Crippen molar-refractivity contribution in [2.24, 2.45) is 16.4 Å². The van der Waals surface area contributed by atoms with Gasteiger partial charge in [-0.25, -0.2) is 0 Å². The summed E-state index contributed by atoms with van der Waals surface area (Å²) in [5, 5.41) is 14.5. The van der Waals surface area contributed by atoms with Gasteiger partial charge in [-0.1, -0.05) is 31.1 Å². The lowest BCUT2D eigenvalue weighted by Crippen LogP contribution is -2.24. The number of anilines is 1.